The fourth-order valence-electron chi connectivity index (χ4n) is 2.29. The van der Waals surface area contributed by atoms with Crippen LogP contribution in [-0.2, 0) is 17.6 Å². The van der Waals surface area contributed by atoms with Crippen LogP contribution < -0.4 is 16.2 Å². The second kappa shape index (κ2) is 8.55. The first kappa shape index (κ1) is 20.7. The topological polar surface area (TPSA) is 83.9 Å². The van der Waals surface area contributed by atoms with Crippen molar-refractivity contribution in [3.63, 3.8) is 0 Å². The average Bonchev–Trinajstić information content (AvgIpc) is 3.36. The Bertz CT molecular complexity index is 938. The van der Waals surface area contributed by atoms with E-state index in [1.165, 1.54) is 18.6 Å². The molecule has 0 unspecified atom stereocenters. The number of alkyl halides is 4. The molecule has 29 heavy (non-hydrogen) atoms. The molecule has 0 radical (unpaired) electrons. The number of hydrazine groups is 1. The number of rotatable bonds is 5. The lowest BCUT2D eigenvalue weighted by molar-refractivity contribution is -0.137. The first-order valence-electron chi connectivity index (χ1n) is 8.48. The van der Waals surface area contributed by atoms with Crippen molar-refractivity contribution < 1.29 is 22.4 Å². The zero-order valence-electron chi connectivity index (χ0n) is 14.8. The van der Waals surface area contributed by atoms with Crippen LogP contribution in [0.4, 0.5) is 17.6 Å². The van der Waals surface area contributed by atoms with Gasteiger partial charge in [-0.05, 0) is 48.8 Å². The maximum absolute atomic E-state index is 13.0. The van der Waals surface area contributed by atoms with Crippen LogP contribution in [0.15, 0.2) is 30.6 Å². The molecule has 0 saturated heterocycles. The van der Waals surface area contributed by atoms with Crippen LogP contribution in [-0.4, -0.2) is 31.8 Å². The number of aromatic nitrogens is 3. The van der Waals surface area contributed by atoms with E-state index in [0.717, 1.165) is 35.7 Å². The SMILES string of the molecule is O=C(/C=C\n1cnc(-c2cc(CF)cc(C(F)(F)F)c2)n1)NNC(=S)NC1CC1. The number of nitrogens with one attached hydrogen (secondary N) is 3. The number of benzene rings is 1. The molecule has 154 valence electrons. The first-order chi connectivity index (χ1) is 13.7. The zero-order chi connectivity index (χ0) is 21.0. The Hall–Kier alpha value is -3.02. The highest BCUT2D eigenvalue weighted by Gasteiger charge is 2.31. The summed E-state index contributed by atoms with van der Waals surface area (Å²) >= 11 is 4.99. The number of carbonyl (C=O) groups is 1. The van der Waals surface area contributed by atoms with Gasteiger partial charge in [-0.15, -0.1) is 5.10 Å². The van der Waals surface area contributed by atoms with Crippen molar-refractivity contribution in [2.45, 2.75) is 31.7 Å². The molecule has 1 fully saturated rings. The summed E-state index contributed by atoms with van der Waals surface area (Å²) in [6.07, 6.45) is 1.04. The summed E-state index contributed by atoms with van der Waals surface area (Å²) in [5.74, 6) is -0.565. The third kappa shape index (κ3) is 5.98. The van der Waals surface area contributed by atoms with Crippen LogP contribution in [0, 0.1) is 0 Å². The molecule has 1 aromatic carbocycles. The highest BCUT2D eigenvalue weighted by atomic mass is 32.1. The Labute approximate surface area is 168 Å². The van der Waals surface area contributed by atoms with Crippen molar-refractivity contribution in [1.82, 2.24) is 30.9 Å². The highest BCUT2D eigenvalue weighted by molar-refractivity contribution is 7.80. The lowest BCUT2D eigenvalue weighted by Gasteiger charge is -2.09. The first-order valence-corrected chi connectivity index (χ1v) is 8.89. The fourth-order valence-corrected chi connectivity index (χ4v) is 2.51. The van der Waals surface area contributed by atoms with E-state index >= 15 is 0 Å². The molecule has 1 aliphatic rings. The number of thiocarbonyl (C=S) groups is 1. The Kier molecular flexibility index (Phi) is 6.11. The molecule has 1 saturated carbocycles. The summed E-state index contributed by atoms with van der Waals surface area (Å²) in [7, 11) is 0. The third-order valence-electron chi connectivity index (χ3n) is 3.83. The average molecular weight is 428 g/mol. The van der Waals surface area contributed by atoms with Crippen LogP contribution in [0.2, 0.25) is 0 Å². The lowest BCUT2D eigenvalue weighted by Crippen LogP contribution is -2.46. The summed E-state index contributed by atoms with van der Waals surface area (Å²) in [6, 6.07) is 3.15. The number of nitrogens with zero attached hydrogens (tertiary/aromatic N) is 3. The predicted molar refractivity (Wildman–Crippen MR) is 101 cm³/mol. The molecule has 0 aliphatic heterocycles. The van der Waals surface area contributed by atoms with E-state index in [4.69, 9.17) is 12.2 Å². The summed E-state index contributed by atoms with van der Waals surface area (Å²) in [6.45, 7) is -1.05. The summed E-state index contributed by atoms with van der Waals surface area (Å²) in [5.41, 5.74) is 3.78. The lowest BCUT2D eigenvalue weighted by atomic mass is 10.1. The van der Waals surface area contributed by atoms with Crippen LogP contribution in [0.25, 0.3) is 17.6 Å². The van der Waals surface area contributed by atoms with Crippen molar-refractivity contribution in [2.24, 2.45) is 0 Å². The molecule has 12 heteroatoms. The molecule has 1 heterocycles. The maximum Gasteiger partial charge on any atom is 0.416 e. The smallest absolute Gasteiger partial charge is 0.359 e. The van der Waals surface area contributed by atoms with Crippen molar-refractivity contribution >= 4 is 29.4 Å². The minimum Gasteiger partial charge on any atom is -0.359 e. The Balaban J connectivity index is 1.64. The van der Waals surface area contributed by atoms with E-state index in [1.54, 1.807) is 0 Å². The van der Waals surface area contributed by atoms with Crippen LogP contribution >= 0.6 is 12.2 Å². The van der Waals surface area contributed by atoms with E-state index in [9.17, 15) is 22.4 Å². The number of amides is 1. The van der Waals surface area contributed by atoms with Gasteiger partial charge in [0.05, 0.1) is 5.56 Å². The van der Waals surface area contributed by atoms with Crippen LogP contribution in [0.1, 0.15) is 24.0 Å². The van der Waals surface area contributed by atoms with Gasteiger partial charge < -0.3 is 5.32 Å². The van der Waals surface area contributed by atoms with Crippen molar-refractivity contribution in [2.75, 3.05) is 0 Å². The molecule has 1 amide bonds. The molecule has 7 nitrogen and oxygen atoms in total. The van der Waals surface area contributed by atoms with Gasteiger partial charge >= 0.3 is 6.18 Å². The van der Waals surface area contributed by atoms with Gasteiger partial charge in [0, 0.05) is 23.9 Å². The number of hydrogen-bond donors (Lipinski definition) is 3. The fraction of sp³-hybridized carbons (Fsp3) is 0.294. The molecule has 0 spiro atoms. The van der Waals surface area contributed by atoms with Gasteiger partial charge in [0.15, 0.2) is 10.9 Å². The monoisotopic (exact) mass is 428 g/mol. The minimum absolute atomic E-state index is 0.0160. The quantitative estimate of drug-likeness (QED) is 0.294. The van der Waals surface area contributed by atoms with E-state index in [0.29, 0.717) is 11.2 Å². The van der Waals surface area contributed by atoms with Crippen molar-refractivity contribution in [3.8, 4) is 11.4 Å². The molecule has 3 rings (SSSR count). The molecule has 1 aromatic heterocycles. The molecule has 2 aromatic rings. The zero-order valence-corrected chi connectivity index (χ0v) is 15.6. The van der Waals surface area contributed by atoms with Gasteiger partial charge in [-0.1, -0.05) is 0 Å². The van der Waals surface area contributed by atoms with Gasteiger partial charge in [-0.25, -0.2) is 14.1 Å². The molecule has 1 aliphatic carbocycles. The van der Waals surface area contributed by atoms with E-state index in [1.807, 2.05) is 0 Å². The van der Waals surface area contributed by atoms with Crippen LogP contribution in [0.5, 0.6) is 0 Å². The molecular formula is C17H16F4N6OS. The van der Waals surface area contributed by atoms with Gasteiger partial charge in [0.1, 0.15) is 13.0 Å². The number of hydrogen-bond acceptors (Lipinski definition) is 4. The Morgan fingerprint density at radius 2 is 2.03 bits per heavy atom. The minimum atomic E-state index is -4.62. The van der Waals surface area contributed by atoms with Gasteiger partial charge in [0.25, 0.3) is 5.91 Å². The molecule has 0 atom stereocenters. The molecular weight excluding hydrogens is 412 g/mol. The summed E-state index contributed by atoms with van der Waals surface area (Å²) < 4.78 is 53.0. The van der Waals surface area contributed by atoms with E-state index in [-0.39, 0.29) is 17.0 Å². The van der Waals surface area contributed by atoms with Gasteiger partial charge in [0.2, 0.25) is 0 Å². The standard InChI is InChI=1S/C17H16F4N6OS/c18-8-10-5-11(7-12(6-10)17(19,20)21)15-22-9-27(26-15)4-3-14(28)24-25-16(29)23-13-1-2-13/h3-7,9,13H,1-2,8H2,(H,24,28)(H2,23,25,29)/b4-3-. The molecule has 3 N–H and O–H groups in total. The second-order valence-electron chi connectivity index (χ2n) is 6.28. The Morgan fingerprint density at radius 1 is 1.28 bits per heavy atom. The highest BCUT2D eigenvalue weighted by Crippen LogP contribution is 2.33. The Morgan fingerprint density at radius 3 is 2.69 bits per heavy atom. The number of halogens is 4. The third-order valence-corrected chi connectivity index (χ3v) is 4.05. The van der Waals surface area contributed by atoms with Gasteiger partial charge in [-0.2, -0.15) is 13.2 Å². The predicted octanol–water partition coefficient (Wildman–Crippen LogP) is 2.56. The van der Waals surface area contributed by atoms with Crippen LogP contribution in [0.3, 0.4) is 0 Å². The van der Waals surface area contributed by atoms with E-state index in [2.05, 4.69) is 26.3 Å². The summed E-state index contributed by atoms with van der Waals surface area (Å²) in [5, 5.41) is 7.26. The maximum atomic E-state index is 13.0. The second-order valence-corrected chi connectivity index (χ2v) is 6.68. The van der Waals surface area contributed by atoms with Gasteiger partial charge in [-0.3, -0.25) is 15.6 Å². The number of carbonyl (C=O) groups excluding carboxylic acids is 1. The van der Waals surface area contributed by atoms with Crippen molar-refractivity contribution in [1.29, 1.82) is 0 Å². The molecule has 0 bridgehead atoms. The largest absolute Gasteiger partial charge is 0.416 e. The van der Waals surface area contributed by atoms with E-state index < -0.39 is 24.3 Å². The normalized spacial score (nSPS) is 14.1. The van der Waals surface area contributed by atoms with Crippen molar-refractivity contribution in [3.05, 3.63) is 41.7 Å². The summed E-state index contributed by atoms with van der Waals surface area (Å²) in [4.78, 5) is 15.7.